The number of rotatable bonds is 9. The van der Waals surface area contributed by atoms with Crippen molar-refractivity contribution in [3.8, 4) is 17.6 Å². The molecule has 0 bridgehead atoms. The second-order valence-corrected chi connectivity index (χ2v) is 10.00. The summed E-state index contributed by atoms with van der Waals surface area (Å²) >= 11 is 5.02. The van der Waals surface area contributed by atoms with Gasteiger partial charge in [-0.15, -0.1) is 0 Å². The molecule has 1 aliphatic rings. The molecule has 0 saturated carbocycles. The first kappa shape index (κ1) is 25.7. The molecule has 1 atom stereocenters. The van der Waals surface area contributed by atoms with Crippen LogP contribution in [0.5, 0.6) is 11.5 Å². The largest absolute Gasteiger partial charge is 0.490 e. The minimum Gasteiger partial charge on any atom is -0.490 e. The lowest BCUT2D eigenvalue weighted by Gasteiger charge is -2.15. The Balaban J connectivity index is 1.51. The van der Waals surface area contributed by atoms with Gasteiger partial charge < -0.3 is 20.1 Å². The molecular weight excluding hydrogens is 538 g/mol. The van der Waals surface area contributed by atoms with E-state index >= 15 is 0 Å². The van der Waals surface area contributed by atoms with E-state index in [-0.39, 0.29) is 18.0 Å². The lowest BCUT2D eigenvalue weighted by Crippen LogP contribution is -2.30. The van der Waals surface area contributed by atoms with E-state index < -0.39 is 0 Å². The van der Waals surface area contributed by atoms with Gasteiger partial charge >= 0.3 is 0 Å². The molecule has 2 N–H and O–H groups in total. The van der Waals surface area contributed by atoms with Crippen LogP contribution in [0.3, 0.4) is 0 Å². The van der Waals surface area contributed by atoms with Gasteiger partial charge in [-0.25, -0.2) is 0 Å². The number of hydrogen-bond donors (Lipinski definition) is 2. The number of amides is 1. The summed E-state index contributed by atoms with van der Waals surface area (Å²) in [4.78, 5) is 13.2. The molecule has 8 heteroatoms. The highest BCUT2D eigenvalue weighted by molar-refractivity contribution is 9.10. The van der Waals surface area contributed by atoms with E-state index in [1.54, 1.807) is 6.07 Å². The molecule has 1 saturated heterocycles. The van der Waals surface area contributed by atoms with Crippen molar-refractivity contribution in [1.82, 2.24) is 5.32 Å². The fourth-order valence-corrected chi connectivity index (χ4v) is 5.24. The van der Waals surface area contributed by atoms with Gasteiger partial charge in [0.25, 0.3) is 5.91 Å². The zero-order valence-corrected chi connectivity index (χ0v) is 22.4. The van der Waals surface area contributed by atoms with Crippen LogP contribution in [0.2, 0.25) is 0 Å². The number of anilines is 1. The van der Waals surface area contributed by atoms with Gasteiger partial charge in [-0.05, 0) is 76.8 Å². The summed E-state index contributed by atoms with van der Waals surface area (Å²) < 4.78 is 12.6. The highest BCUT2D eigenvalue weighted by Crippen LogP contribution is 2.39. The van der Waals surface area contributed by atoms with Crippen molar-refractivity contribution in [1.29, 1.82) is 5.26 Å². The van der Waals surface area contributed by atoms with Crippen LogP contribution in [-0.4, -0.2) is 18.0 Å². The standard InChI is InChI=1S/C28H26BrN3O3S/c1-3-18-9-11-22(12-10-18)31-28-32-27(33)25(36-28)15-19-13-23(29)26(24(14-19)34-4-2)35-17-21-8-6-5-7-20(21)16-30/h5-15,28,31H,3-4,17H2,1-2H3,(H,32,33)/b25-15-/t28-/m0/s1. The molecule has 0 unspecified atom stereocenters. The minimum atomic E-state index is -0.256. The number of carbonyl (C=O) groups is 1. The number of thioether (sulfide) groups is 1. The average Bonchev–Trinajstić information content (AvgIpc) is 3.22. The Morgan fingerprint density at radius 2 is 1.92 bits per heavy atom. The van der Waals surface area contributed by atoms with Gasteiger partial charge in [0.05, 0.1) is 27.6 Å². The van der Waals surface area contributed by atoms with Crippen molar-refractivity contribution in [2.24, 2.45) is 0 Å². The van der Waals surface area contributed by atoms with Gasteiger partial charge in [0, 0.05) is 11.3 Å². The fourth-order valence-electron chi connectivity index (χ4n) is 3.68. The molecule has 1 amide bonds. The highest BCUT2D eigenvalue weighted by atomic mass is 79.9. The van der Waals surface area contributed by atoms with E-state index in [9.17, 15) is 10.1 Å². The average molecular weight is 565 g/mol. The maximum atomic E-state index is 12.6. The lowest BCUT2D eigenvalue weighted by atomic mass is 10.1. The van der Waals surface area contributed by atoms with Crippen LogP contribution in [0.1, 0.15) is 36.1 Å². The Morgan fingerprint density at radius 1 is 1.14 bits per heavy atom. The first-order chi connectivity index (χ1) is 17.5. The van der Waals surface area contributed by atoms with Crippen molar-refractivity contribution in [2.45, 2.75) is 32.4 Å². The van der Waals surface area contributed by atoms with Crippen molar-refractivity contribution in [3.05, 3.63) is 92.3 Å². The summed E-state index contributed by atoms with van der Waals surface area (Å²) in [5, 5.41) is 15.7. The third kappa shape index (κ3) is 6.23. The maximum absolute atomic E-state index is 12.6. The van der Waals surface area contributed by atoms with E-state index in [1.807, 2.05) is 55.5 Å². The molecule has 0 radical (unpaired) electrons. The van der Waals surface area contributed by atoms with Crippen molar-refractivity contribution in [3.63, 3.8) is 0 Å². The summed E-state index contributed by atoms with van der Waals surface area (Å²) in [5.74, 6) is 0.970. The molecule has 36 heavy (non-hydrogen) atoms. The molecule has 6 nitrogen and oxygen atoms in total. The third-order valence-corrected chi connectivity index (χ3v) is 7.15. The molecule has 1 aliphatic heterocycles. The maximum Gasteiger partial charge on any atom is 0.260 e. The van der Waals surface area contributed by atoms with E-state index in [1.165, 1.54) is 17.3 Å². The van der Waals surface area contributed by atoms with E-state index in [0.717, 1.165) is 23.2 Å². The first-order valence-electron chi connectivity index (χ1n) is 11.6. The molecule has 0 aliphatic carbocycles. The SMILES string of the molecule is CCOc1cc(/C=C2\S[C@@H](Nc3ccc(CC)cc3)NC2=O)cc(Br)c1OCc1ccccc1C#N. The Hall–Kier alpha value is -3.41. The Labute approximate surface area is 223 Å². The summed E-state index contributed by atoms with van der Waals surface area (Å²) in [7, 11) is 0. The number of aryl methyl sites for hydroxylation is 1. The second-order valence-electron chi connectivity index (χ2n) is 8.00. The highest BCUT2D eigenvalue weighted by Gasteiger charge is 2.27. The lowest BCUT2D eigenvalue weighted by molar-refractivity contribution is -0.116. The summed E-state index contributed by atoms with van der Waals surface area (Å²) in [5.41, 5.74) is 4.13. The molecule has 3 aromatic rings. The summed E-state index contributed by atoms with van der Waals surface area (Å²) in [6.07, 6.45) is 2.82. The normalized spacial score (nSPS) is 15.9. The minimum absolute atomic E-state index is 0.134. The van der Waals surface area contributed by atoms with Crippen LogP contribution in [0.4, 0.5) is 5.69 Å². The van der Waals surface area contributed by atoms with Gasteiger partial charge in [0.2, 0.25) is 0 Å². The smallest absolute Gasteiger partial charge is 0.260 e. The van der Waals surface area contributed by atoms with Crippen LogP contribution in [0.15, 0.2) is 70.0 Å². The number of carbonyl (C=O) groups excluding carboxylic acids is 1. The summed E-state index contributed by atoms with van der Waals surface area (Å²) in [6, 6.07) is 21.5. The van der Waals surface area contributed by atoms with Gasteiger partial charge in [0.15, 0.2) is 17.0 Å². The predicted molar refractivity (Wildman–Crippen MR) is 148 cm³/mol. The van der Waals surface area contributed by atoms with Gasteiger partial charge in [-0.2, -0.15) is 5.26 Å². The van der Waals surface area contributed by atoms with Gasteiger partial charge in [-0.1, -0.05) is 49.0 Å². The van der Waals surface area contributed by atoms with E-state index in [4.69, 9.17) is 9.47 Å². The number of hydrogen-bond acceptors (Lipinski definition) is 6. The number of halogens is 1. The van der Waals surface area contributed by atoms with E-state index in [0.29, 0.717) is 33.0 Å². The second kappa shape index (κ2) is 12.0. The topological polar surface area (TPSA) is 83.4 Å². The van der Waals surface area contributed by atoms with E-state index in [2.05, 4.69) is 51.7 Å². The Kier molecular flexibility index (Phi) is 8.57. The third-order valence-electron chi connectivity index (χ3n) is 5.53. The van der Waals surface area contributed by atoms with Gasteiger partial charge in [0.1, 0.15) is 6.61 Å². The molecule has 1 fully saturated rings. The molecule has 184 valence electrons. The van der Waals surface area contributed by atoms with Crippen molar-refractivity contribution in [2.75, 3.05) is 11.9 Å². The number of ether oxygens (including phenoxy) is 2. The number of nitrogens with one attached hydrogen (secondary N) is 2. The van der Waals surface area contributed by atoms with Crippen LogP contribution in [0.25, 0.3) is 6.08 Å². The fraction of sp³-hybridized carbons (Fsp3) is 0.214. The first-order valence-corrected chi connectivity index (χ1v) is 13.3. The van der Waals surface area contributed by atoms with Gasteiger partial charge in [-0.3, -0.25) is 4.79 Å². The van der Waals surface area contributed by atoms with Crippen LogP contribution >= 0.6 is 27.7 Å². The quantitative estimate of drug-likeness (QED) is 0.290. The molecule has 0 spiro atoms. The molecule has 0 aromatic heterocycles. The number of benzene rings is 3. The number of nitriles is 1. The van der Waals surface area contributed by atoms with Crippen LogP contribution < -0.4 is 20.1 Å². The number of nitrogens with zero attached hydrogens (tertiary/aromatic N) is 1. The van der Waals surface area contributed by atoms with Crippen molar-refractivity contribution < 1.29 is 14.3 Å². The monoisotopic (exact) mass is 563 g/mol. The Morgan fingerprint density at radius 3 is 2.64 bits per heavy atom. The van der Waals surface area contributed by atoms with Crippen LogP contribution in [-0.2, 0) is 17.8 Å². The predicted octanol–water partition coefficient (Wildman–Crippen LogP) is 6.46. The zero-order valence-electron chi connectivity index (χ0n) is 20.0. The van der Waals surface area contributed by atoms with Crippen molar-refractivity contribution >= 4 is 45.4 Å². The summed E-state index contributed by atoms with van der Waals surface area (Å²) in [6.45, 7) is 4.70. The zero-order chi connectivity index (χ0) is 25.5. The molecule has 3 aromatic carbocycles. The van der Waals surface area contributed by atoms with Crippen LogP contribution in [0, 0.1) is 11.3 Å². The molecule has 1 heterocycles. The molecule has 4 rings (SSSR count). The molecular formula is C28H26BrN3O3S. The Bertz CT molecular complexity index is 1320.